The van der Waals surface area contributed by atoms with Crippen molar-refractivity contribution in [3.05, 3.63) is 0 Å². The predicted octanol–water partition coefficient (Wildman–Crippen LogP) is 1.77. The molecule has 0 heterocycles. The highest BCUT2D eigenvalue weighted by molar-refractivity contribution is 5.96. The van der Waals surface area contributed by atoms with Crippen molar-refractivity contribution in [2.24, 2.45) is 5.73 Å². The van der Waals surface area contributed by atoms with Crippen LogP contribution in [0.25, 0.3) is 0 Å². The van der Waals surface area contributed by atoms with Gasteiger partial charge in [-0.3, -0.25) is 14.5 Å². The van der Waals surface area contributed by atoms with E-state index in [0.717, 1.165) is 4.90 Å². The van der Waals surface area contributed by atoms with Gasteiger partial charge in [0.1, 0.15) is 13.2 Å². The van der Waals surface area contributed by atoms with E-state index in [1.807, 2.05) is 41.5 Å². The number of carbonyl (C=O) groups is 2. The molecule has 0 aromatic heterocycles. The van der Waals surface area contributed by atoms with Gasteiger partial charge in [-0.25, -0.2) is 0 Å². The smallest absolute Gasteiger partial charge is 0.255 e. The van der Waals surface area contributed by atoms with Gasteiger partial charge < -0.3 is 15.2 Å². The lowest BCUT2D eigenvalue weighted by atomic mass is 10.2. The Bertz CT molecular complexity index is 309. The second-order valence-electron chi connectivity index (χ2n) is 6.53. The van der Waals surface area contributed by atoms with E-state index in [-0.39, 0.29) is 51.1 Å². The Balaban J connectivity index is -0.00000180. The number of nitrogens with two attached hydrogens (primary N) is 1. The molecule has 0 bridgehead atoms. The van der Waals surface area contributed by atoms with Gasteiger partial charge in [-0.2, -0.15) is 0 Å². The number of hydrogen-bond donors (Lipinski definition) is 1. The molecule has 2 amide bonds. The van der Waals surface area contributed by atoms with Gasteiger partial charge in [0.2, 0.25) is 0 Å². The van der Waals surface area contributed by atoms with Gasteiger partial charge in [0.25, 0.3) is 11.8 Å². The number of amides is 2. The van der Waals surface area contributed by atoms with Crippen LogP contribution in [0.1, 0.15) is 41.5 Å². The fourth-order valence-electron chi connectivity index (χ4n) is 1.23. The first kappa shape index (κ1) is 26.5. The lowest BCUT2D eigenvalue weighted by Gasteiger charge is -2.25. The van der Waals surface area contributed by atoms with Crippen molar-refractivity contribution in [1.29, 1.82) is 0 Å². The number of halogens is 2. The number of carbonyl (C=O) groups excluding carboxylic acids is 2. The summed E-state index contributed by atoms with van der Waals surface area (Å²) in [6.45, 7) is 11.2. The van der Waals surface area contributed by atoms with E-state index in [0.29, 0.717) is 0 Å². The van der Waals surface area contributed by atoms with Crippen molar-refractivity contribution < 1.29 is 19.1 Å². The number of ether oxygens (including phenoxy) is 2. The lowest BCUT2D eigenvalue weighted by Crippen LogP contribution is -2.45. The van der Waals surface area contributed by atoms with Gasteiger partial charge in [-0.15, -0.1) is 24.8 Å². The van der Waals surface area contributed by atoms with Crippen molar-refractivity contribution >= 4 is 36.6 Å². The van der Waals surface area contributed by atoms with Crippen molar-refractivity contribution in [3.8, 4) is 0 Å². The van der Waals surface area contributed by atoms with Crippen molar-refractivity contribution in [2.75, 3.05) is 26.3 Å². The minimum Gasteiger partial charge on any atom is -0.366 e. The maximum Gasteiger partial charge on any atom is 0.255 e. The summed E-state index contributed by atoms with van der Waals surface area (Å²) >= 11 is 0. The quantitative estimate of drug-likeness (QED) is 0.780. The highest BCUT2D eigenvalue weighted by Gasteiger charge is 2.24. The van der Waals surface area contributed by atoms with Crippen LogP contribution >= 0.6 is 24.8 Å². The summed E-state index contributed by atoms with van der Waals surface area (Å²) < 4.78 is 10.8. The van der Waals surface area contributed by atoms with Crippen molar-refractivity contribution in [1.82, 2.24) is 4.90 Å². The molecule has 0 spiro atoms. The molecule has 0 aliphatic carbocycles. The van der Waals surface area contributed by atoms with E-state index >= 15 is 0 Å². The molecule has 0 radical (unpaired) electrons. The van der Waals surface area contributed by atoms with Crippen LogP contribution in [-0.4, -0.2) is 54.2 Å². The molecule has 0 atom stereocenters. The van der Waals surface area contributed by atoms with Gasteiger partial charge in [-0.1, -0.05) is 0 Å². The average Bonchev–Trinajstić information content (AvgIpc) is 2.28. The SMILES string of the molecule is CC(C)(C)OCC(=O)N(CCN)C(=O)COC(C)(C)C.Cl.Cl. The molecule has 0 aliphatic heterocycles. The van der Waals surface area contributed by atoms with Gasteiger partial charge in [0.15, 0.2) is 0 Å². The topological polar surface area (TPSA) is 81.9 Å². The third-order valence-electron chi connectivity index (χ3n) is 2.21. The van der Waals surface area contributed by atoms with Crippen LogP contribution in [0.3, 0.4) is 0 Å². The molecule has 0 aromatic carbocycles. The molecule has 22 heavy (non-hydrogen) atoms. The molecular weight excluding hydrogens is 331 g/mol. The molecule has 0 aromatic rings. The first-order valence-electron chi connectivity index (χ1n) is 6.77. The fraction of sp³-hybridized carbons (Fsp3) is 0.857. The van der Waals surface area contributed by atoms with Crippen molar-refractivity contribution in [2.45, 2.75) is 52.7 Å². The maximum atomic E-state index is 12.0. The van der Waals surface area contributed by atoms with Crippen molar-refractivity contribution in [3.63, 3.8) is 0 Å². The first-order chi connectivity index (χ1) is 8.96. The second-order valence-corrected chi connectivity index (χ2v) is 6.53. The minimum absolute atomic E-state index is 0. The maximum absolute atomic E-state index is 12.0. The van der Waals surface area contributed by atoms with E-state index in [4.69, 9.17) is 15.2 Å². The second kappa shape index (κ2) is 11.2. The molecule has 0 aliphatic rings. The third-order valence-corrected chi connectivity index (χ3v) is 2.21. The number of nitrogens with zero attached hydrogens (tertiary/aromatic N) is 1. The van der Waals surface area contributed by atoms with E-state index in [1.54, 1.807) is 0 Å². The molecule has 0 saturated heterocycles. The Kier molecular flexibility index (Phi) is 13.5. The fourth-order valence-corrected chi connectivity index (χ4v) is 1.23. The summed E-state index contributed by atoms with van der Waals surface area (Å²) in [6, 6.07) is 0. The number of hydrogen-bond acceptors (Lipinski definition) is 5. The Hall–Kier alpha value is -0.400. The minimum atomic E-state index is -0.436. The molecule has 0 saturated carbocycles. The molecule has 0 unspecified atom stereocenters. The zero-order valence-electron chi connectivity index (χ0n) is 14.3. The van der Waals surface area contributed by atoms with Crippen LogP contribution in [0.5, 0.6) is 0 Å². The first-order valence-corrected chi connectivity index (χ1v) is 6.77. The summed E-state index contributed by atoms with van der Waals surface area (Å²) in [5.41, 5.74) is 4.57. The number of imide groups is 1. The molecule has 8 heteroatoms. The van der Waals surface area contributed by atoms with Crippen LogP contribution in [0.15, 0.2) is 0 Å². The summed E-state index contributed by atoms with van der Waals surface area (Å²) in [4.78, 5) is 25.1. The summed E-state index contributed by atoms with van der Waals surface area (Å²) in [5, 5.41) is 0. The normalized spacial score (nSPS) is 11.2. The monoisotopic (exact) mass is 360 g/mol. The van der Waals surface area contributed by atoms with E-state index < -0.39 is 23.0 Å². The van der Waals surface area contributed by atoms with Gasteiger partial charge in [-0.05, 0) is 41.5 Å². The molecule has 134 valence electrons. The van der Waals surface area contributed by atoms with E-state index in [2.05, 4.69) is 0 Å². The Morgan fingerprint density at radius 1 is 0.864 bits per heavy atom. The van der Waals surface area contributed by atoms with E-state index in [1.165, 1.54) is 0 Å². The predicted molar refractivity (Wildman–Crippen MR) is 91.7 cm³/mol. The zero-order chi connectivity index (χ0) is 16.0. The Morgan fingerprint density at radius 3 is 1.41 bits per heavy atom. The van der Waals surface area contributed by atoms with Crippen LogP contribution in [0.2, 0.25) is 0 Å². The summed E-state index contributed by atoms with van der Waals surface area (Å²) in [5.74, 6) is -0.791. The highest BCUT2D eigenvalue weighted by Crippen LogP contribution is 2.09. The summed E-state index contributed by atoms with van der Waals surface area (Å²) in [6.07, 6.45) is 0. The largest absolute Gasteiger partial charge is 0.366 e. The zero-order valence-corrected chi connectivity index (χ0v) is 15.9. The molecular formula is C14H30Cl2N2O4. The van der Waals surface area contributed by atoms with Gasteiger partial charge >= 0.3 is 0 Å². The molecule has 0 rings (SSSR count). The van der Waals surface area contributed by atoms with Crippen LogP contribution < -0.4 is 5.73 Å². The van der Waals surface area contributed by atoms with Crippen LogP contribution in [-0.2, 0) is 19.1 Å². The standard InChI is InChI=1S/C14H28N2O4.2ClH/c1-13(2,3)19-9-11(17)16(8-7-15)12(18)10-20-14(4,5)6;;/h7-10,15H2,1-6H3;2*1H. The molecule has 0 fully saturated rings. The van der Waals surface area contributed by atoms with E-state index in [9.17, 15) is 9.59 Å². The average molecular weight is 361 g/mol. The molecule has 6 nitrogen and oxygen atoms in total. The number of rotatable bonds is 6. The lowest BCUT2D eigenvalue weighted by molar-refractivity contribution is -0.155. The molecule has 2 N–H and O–H groups in total. The van der Waals surface area contributed by atoms with Gasteiger partial charge in [0, 0.05) is 13.1 Å². The Morgan fingerprint density at radius 2 is 1.18 bits per heavy atom. The third kappa shape index (κ3) is 13.3. The van der Waals surface area contributed by atoms with Crippen LogP contribution in [0, 0.1) is 0 Å². The Labute approximate surface area is 145 Å². The van der Waals surface area contributed by atoms with Gasteiger partial charge in [0.05, 0.1) is 11.2 Å². The van der Waals surface area contributed by atoms with Crippen LogP contribution in [0.4, 0.5) is 0 Å². The highest BCUT2D eigenvalue weighted by atomic mass is 35.5. The summed E-state index contributed by atoms with van der Waals surface area (Å²) in [7, 11) is 0.